The van der Waals surface area contributed by atoms with Gasteiger partial charge in [-0.05, 0) is 49.6 Å². The van der Waals surface area contributed by atoms with Crippen LogP contribution in [0.3, 0.4) is 0 Å². The van der Waals surface area contributed by atoms with Crippen LogP contribution in [0.4, 0.5) is 5.82 Å². The van der Waals surface area contributed by atoms with E-state index in [2.05, 4.69) is 34.3 Å². The van der Waals surface area contributed by atoms with Crippen molar-refractivity contribution in [3.63, 3.8) is 0 Å². The zero-order valence-corrected chi connectivity index (χ0v) is 18.6. The van der Waals surface area contributed by atoms with E-state index < -0.39 is 0 Å². The fourth-order valence-corrected chi connectivity index (χ4v) is 4.61. The minimum atomic E-state index is -0.344. The molecular weight excluding hydrogens is 410 g/mol. The number of ether oxygens (including phenoxy) is 1. The Hall–Kier alpha value is -3.06. The van der Waals surface area contributed by atoms with E-state index in [1.807, 2.05) is 50.2 Å². The van der Waals surface area contributed by atoms with Gasteiger partial charge in [-0.2, -0.15) is 0 Å². The molecule has 3 aromatic rings. The van der Waals surface area contributed by atoms with E-state index in [9.17, 15) is 9.59 Å². The number of nitrogens with one attached hydrogen (secondary N) is 2. The van der Waals surface area contributed by atoms with Crippen molar-refractivity contribution in [2.24, 2.45) is 0 Å². The molecule has 0 fully saturated rings. The molecule has 2 aromatic carbocycles. The van der Waals surface area contributed by atoms with Crippen LogP contribution in [-0.4, -0.2) is 22.0 Å². The first-order chi connectivity index (χ1) is 14.9. The molecule has 1 aliphatic heterocycles. The third kappa shape index (κ3) is 4.82. The summed E-state index contributed by atoms with van der Waals surface area (Å²) in [5, 5.41) is 3.27. The van der Waals surface area contributed by atoms with Gasteiger partial charge in [-0.3, -0.25) is 9.59 Å². The molecule has 1 atom stereocenters. The summed E-state index contributed by atoms with van der Waals surface area (Å²) in [6, 6.07) is 15.7. The number of carbonyl (C=O) groups excluding carboxylic acids is 1. The quantitative estimate of drug-likeness (QED) is 0.436. The molecule has 1 aliphatic rings. The van der Waals surface area contributed by atoms with Crippen molar-refractivity contribution >= 4 is 23.5 Å². The average Bonchev–Trinajstić information content (AvgIpc) is 2.72. The summed E-state index contributed by atoms with van der Waals surface area (Å²) in [6.45, 7) is 5.99. The van der Waals surface area contributed by atoms with E-state index >= 15 is 0 Å². The van der Waals surface area contributed by atoms with Crippen LogP contribution in [0.2, 0.25) is 0 Å². The van der Waals surface area contributed by atoms with Crippen molar-refractivity contribution in [1.82, 2.24) is 9.97 Å². The number of fused-ring (bicyclic) bond motifs is 1. The van der Waals surface area contributed by atoms with Crippen LogP contribution in [0.25, 0.3) is 0 Å². The molecular formula is C24H25N3O3S. The summed E-state index contributed by atoms with van der Waals surface area (Å²) < 4.78 is 5.70. The molecule has 0 saturated carbocycles. The van der Waals surface area contributed by atoms with Gasteiger partial charge in [0.25, 0.3) is 5.56 Å². The summed E-state index contributed by atoms with van der Waals surface area (Å²) in [6.07, 6.45) is 0.285. The lowest BCUT2D eigenvalue weighted by Gasteiger charge is -2.24. The summed E-state index contributed by atoms with van der Waals surface area (Å²) >= 11 is 1.45. The highest BCUT2D eigenvalue weighted by Gasteiger charge is 2.31. The smallest absolute Gasteiger partial charge is 0.257 e. The molecule has 2 heterocycles. The number of hydrogen-bond donors (Lipinski definition) is 2. The number of benzene rings is 2. The van der Waals surface area contributed by atoms with Crippen LogP contribution < -0.4 is 15.6 Å². The van der Waals surface area contributed by atoms with Crippen molar-refractivity contribution in [1.29, 1.82) is 0 Å². The zero-order valence-electron chi connectivity index (χ0n) is 17.8. The van der Waals surface area contributed by atoms with Crippen molar-refractivity contribution in [3.8, 4) is 5.75 Å². The van der Waals surface area contributed by atoms with E-state index in [0.29, 0.717) is 22.3 Å². The molecule has 2 N–H and O–H groups in total. The fourth-order valence-electron chi connectivity index (χ4n) is 3.67. The minimum Gasteiger partial charge on any atom is -0.491 e. The van der Waals surface area contributed by atoms with Gasteiger partial charge in [-0.15, -0.1) is 0 Å². The summed E-state index contributed by atoms with van der Waals surface area (Å²) in [7, 11) is 0. The van der Waals surface area contributed by atoms with Crippen LogP contribution in [0.1, 0.15) is 48.4 Å². The van der Waals surface area contributed by atoms with Crippen molar-refractivity contribution in [2.75, 3.05) is 5.32 Å². The number of anilines is 1. The minimum absolute atomic E-state index is 0.0784. The topological polar surface area (TPSA) is 84.1 Å². The molecule has 1 amide bonds. The van der Waals surface area contributed by atoms with Crippen LogP contribution >= 0.6 is 11.8 Å². The monoisotopic (exact) mass is 435 g/mol. The number of amides is 1. The van der Waals surface area contributed by atoms with Gasteiger partial charge in [0, 0.05) is 18.1 Å². The molecule has 160 valence electrons. The summed E-state index contributed by atoms with van der Waals surface area (Å²) in [5.41, 5.74) is 3.54. The Morgan fingerprint density at radius 1 is 1.13 bits per heavy atom. The highest BCUT2D eigenvalue weighted by atomic mass is 32.2. The van der Waals surface area contributed by atoms with E-state index in [1.54, 1.807) is 0 Å². The predicted molar refractivity (Wildman–Crippen MR) is 123 cm³/mol. The van der Waals surface area contributed by atoms with Gasteiger partial charge in [0.05, 0.1) is 11.7 Å². The molecule has 6 nitrogen and oxygen atoms in total. The lowest BCUT2D eigenvalue weighted by molar-refractivity contribution is -0.116. The molecule has 0 saturated heterocycles. The van der Waals surface area contributed by atoms with Gasteiger partial charge in [0.15, 0.2) is 5.16 Å². The second-order valence-electron chi connectivity index (χ2n) is 7.89. The number of carbonyl (C=O) groups is 1. The molecule has 0 radical (unpaired) electrons. The predicted octanol–water partition coefficient (Wildman–Crippen LogP) is 4.63. The second-order valence-corrected chi connectivity index (χ2v) is 8.85. The Morgan fingerprint density at radius 2 is 1.87 bits per heavy atom. The van der Waals surface area contributed by atoms with Crippen LogP contribution in [-0.2, 0) is 10.5 Å². The van der Waals surface area contributed by atoms with Gasteiger partial charge < -0.3 is 15.0 Å². The number of thioether (sulfide) groups is 1. The maximum absolute atomic E-state index is 13.0. The molecule has 0 bridgehead atoms. The van der Waals surface area contributed by atoms with Crippen LogP contribution in [0, 0.1) is 6.92 Å². The lowest BCUT2D eigenvalue weighted by Crippen LogP contribution is -2.31. The maximum atomic E-state index is 13.0. The number of nitrogens with zero attached hydrogens (tertiary/aromatic N) is 1. The SMILES string of the molecule is Cc1ccccc1CSc1nc2c(c(=O)[nH]1)[C@H](c1ccc(OC(C)C)cc1)CC(=O)N2. The molecule has 1 aromatic heterocycles. The standard InChI is InChI=1S/C24H25N3O3S/c1-14(2)30-18-10-8-16(9-11-18)19-12-20(28)25-22-21(19)23(29)27-24(26-22)31-13-17-7-5-4-6-15(17)3/h4-11,14,19H,12-13H2,1-3H3,(H2,25,26,27,28,29)/t19-/m0/s1. The fraction of sp³-hybridized carbons (Fsp3) is 0.292. The maximum Gasteiger partial charge on any atom is 0.257 e. The van der Waals surface area contributed by atoms with Crippen molar-refractivity contribution < 1.29 is 9.53 Å². The lowest BCUT2D eigenvalue weighted by atomic mass is 9.87. The number of aryl methyl sites for hydroxylation is 1. The Balaban J connectivity index is 1.61. The van der Waals surface area contributed by atoms with Crippen LogP contribution in [0.5, 0.6) is 5.75 Å². The highest BCUT2D eigenvalue weighted by Crippen LogP contribution is 2.35. The first-order valence-corrected chi connectivity index (χ1v) is 11.3. The first kappa shape index (κ1) is 21.2. The number of H-pyrrole nitrogens is 1. The third-order valence-corrected chi connectivity index (χ3v) is 6.13. The molecule has 0 unspecified atom stereocenters. The molecule has 0 aliphatic carbocycles. The van der Waals surface area contributed by atoms with Gasteiger partial charge in [-0.25, -0.2) is 4.98 Å². The van der Waals surface area contributed by atoms with Gasteiger partial charge in [0.2, 0.25) is 5.91 Å². The number of hydrogen-bond acceptors (Lipinski definition) is 5. The molecule has 7 heteroatoms. The second kappa shape index (κ2) is 8.98. The van der Waals surface area contributed by atoms with Gasteiger partial charge in [0.1, 0.15) is 11.6 Å². The van der Waals surface area contributed by atoms with E-state index in [0.717, 1.165) is 11.3 Å². The normalized spacial score (nSPS) is 15.5. The van der Waals surface area contributed by atoms with Crippen molar-refractivity contribution in [3.05, 3.63) is 81.1 Å². The largest absolute Gasteiger partial charge is 0.491 e. The summed E-state index contributed by atoms with van der Waals surface area (Å²) in [5.74, 6) is 1.30. The molecule has 0 spiro atoms. The average molecular weight is 436 g/mol. The number of aromatic amines is 1. The molecule has 4 rings (SSSR count). The number of rotatable bonds is 6. The third-order valence-electron chi connectivity index (χ3n) is 5.21. The van der Waals surface area contributed by atoms with Gasteiger partial charge >= 0.3 is 0 Å². The van der Waals surface area contributed by atoms with E-state index in [1.165, 1.54) is 22.9 Å². The highest BCUT2D eigenvalue weighted by molar-refractivity contribution is 7.98. The Morgan fingerprint density at radius 3 is 2.58 bits per heavy atom. The van der Waals surface area contributed by atoms with Crippen molar-refractivity contribution in [2.45, 2.75) is 50.1 Å². The van der Waals surface area contributed by atoms with E-state index in [-0.39, 0.29) is 29.9 Å². The van der Waals surface area contributed by atoms with Gasteiger partial charge in [-0.1, -0.05) is 48.2 Å². The zero-order chi connectivity index (χ0) is 22.0. The Bertz CT molecular complexity index is 1160. The molecule has 31 heavy (non-hydrogen) atoms. The Labute approximate surface area is 185 Å². The summed E-state index contributed by atoms with van der Waals surface area (Å²) in [4.78, 5) is 32.8. The van der Waals surface area contributed by atoms with E-state index in [4.69, 9.17) is 4.74 Å². The number of aromatic nitrogens is 2. The first-order valence-electron chi connectivity index (χ1n) is 10.3. The van der Waals surface area contributed by atoms with Crippen LogP contribution in [0.15, 0.2) is 58.5 Å². The Kier molecular flexibility index (Phi) is 6.13.